The first kappa shape index (κ1) is 16.1. The van der Waals surface area contributed by atoms with Gasteiger partial charge in [0.1, 0.15) is 11.3 Å². The molecule has 2 N–H and O–H groups in total. The van der Waals surface area contributed by atoms with Crippen molar-refractivity contribution >= 4 is 34.5 Å². The fourth-order valence-electron chi connectivity index (χ4n) is 1.94. The SMILES string of the molecule is C=C(NNC(=O)CSc1nc2ccccc2o1)c1ccc(F)cc1. The highest BCUT2D eigenvalue weighted by atomic mass is 32.2. The van der Waals surface area contributed by atoms with Crippen molar-refractivity contribution in [2.75, 3.05) is 5.75 Å². The molecule has 5 nitrogen and oxygen atoms in total. The van der Waals surface area contributed by atoms with Crippen LogP contribution < -0.4 is 10.9 Å². The smallest absolute Gasteiger partial charge is 0.257 e. The van der Waals surface area contributed by atoms with Crippen molar-refractivity contribution in [1.29, 1.82) is 0 Å². The summed E-state index contributed by atoms with van der Waals surface area (Å²) in [5.41, 5.74) is 7.82. The molecule has 0 atom stereocenters. The number of amides is 1. The lowest BCUT2D eigenvalue weighted by atomic mass is 10.2. The molecule has 0 aliphatic heterocycles. The van der Waals surface area contributed by atoms with Gasteiger partial charge in [-0.1, -0.05) is 30.5 Å². The zero-order chi connectivity index (χ0) is 16.9. The van der Waals surface area contributed by atoms with Crippen LogP contribution in [0.3, 0.4) is 0 Å². The third-order valence-corrected chi connectivity index (χ3v) is 3.97. The maximum atomic E-state index is 12.9. The van der Waals surface area contributed by atoms with E-state index in [1.807, 2.05) is 24.3 Å². The van der Waals surface area contributed by atoms with Gasteiger partial charge in [-0.15, -0.1) is 0 Å². The van der Waals surface area contributed by atoms with Crippen LogP contribution in [0.2, 0.25) is 0 Å². The van der Waals surface area contributed by atoms with Gasteiger partial charge < -0.3 is 4.42 Å². The molecule has 0 saturated heterocycles. The van der Waals surface area contributed by atoms with Gasteiger partial charge in [-0.2, -0.15) is 0 Å². The summed E-state index contributed by atoms with van der Waals surface area (Å²) in [6, 6.07) is 13.2. The monoisotopic (exact) mass is 343 g/mol. The number of aromatic nitrogens is 1. The van der Waals surface area contributed by atoms with Crippen LogP contribution in [-0.4, -0.2) is 16.6 Å². The number of benzene rings is 2. The Hall–Kier alpha value is -2.80. The first-order chi connectivity index (χ1) is 11.6. The maximum Gasteiger partial charge on any atom is 0.257 e. The van der Waals surface area contributed by atoms with Gasteiger partial charge in [0.25, 0.3) is 5.22 Å². The van der Waals surface area contributed by atoms with Crippen LogP contribution in [0.15, 0.2) is 64.7 Å². The average molecular weight is 343 g/mol. The molecule has 0 bridgehead atoms. The number of halogens is 1. The summed E-state index contributed by atoms with van der Waals surface area (Å²) < 4.78 is 18.4. The lowest BCUT2D eigenvalue weighted by Gasteiger charge is -2.10. The first-order valence-electron chi connectivity index (χ1n) is 7.10. The average Bonchev–Trinajstić information content (AvgIpc) is 3.01. The number of para-hydroxylation sites is 2. The van der Waals surface area contributed by atoms with Crippen molar-refractivity contribution in [3.05, 3.63) is 66.5 Å². The van der Waals surface area contributed by atoms with Gasteiger partial charge in [-0.05, 0) is 42.0 Å². The molecule has 3 rings (SSSR count). The maximum absolute atomic E-state index is 12.9. The minimum Gasteiger partial charge on any atom is -0.431 e. The number of oxazole rings is 1. The molecule has 2 aromatic carbocycles. The van der Waals surface area contributed by atoms with E-state index in [1.165, 1.54) is 23.9 Å². The molecule has 0 spiro atoms. The number of carbonyl (C=O) groups is 1. The molecule has 1 amide bonds. The molecule has 0 radical (unpaired) electrons. The number of nitrogens with one attached hydrogen (secondary N) is 2. The van der Waals surface area contributed by atoms with Crippen LogP contribution in [0.1, 0.15) is 5.56 Å². The molecular weight excluding hydrogens is 329 g/mol. The van der Waals surface area contributed by atoms with Crippen LogP contribution in [0.25, 0.3) is 16.8 Å². The summed E-state index contributed by atoms with van der Waals surface area (Å²) >= 11 is 1.19. The molecule has 122 valence electrons. The van der Waals surface area contributed by atoms with E-state index in [9.17, 15) is 9.18 Å². The zero-order valence-electron chi connectivity index (χ0n) is 12.6. The van der Waals surface area contributed by atoms with Gasteiger partial charge >= 0.3 is 0 Å². The number of hydrogen-bond acceptors (Lipinski definition) is 5. The molecule has 0 unspecified atom stereocenters. The van der Waals surface area contributed by atoms with Crippen molar-refractivity contribution in [1.82, 2.24) is 15.8 Å². The Labute approximate surface area is 141 Å². The minimum absolute atomic E-state index is 0.135. The topological polar surface area (TPSA) is 67.2 Å². The molecule has 0 aliphatic carbocycles. The third kappa shape index (κ3) is 3.94. The molecule has 0 aliphatic rings. The third-order valence-electron chi connectivity index (χ3n) is 3.15. The van der Waals surface area contributed by atoms with Crippen LogP contribution >= 0.6 is 11.8 Å². The van der Waals surface area contributed by atoms with E-state index in [-0.39, 0.29) is 17.5 Å². The molecule has 7 heteroatoms. The first-order valence-corrected chi connectivity index (χ1v) is 8.08. The van der Waals surface area contributed by atoms with Gasteiger partial charge in [0.2, 0.25) is 5.91 Å². The lowest BCUT2D eigenvalue weighted by molar-refractivity contribution is -0.119. The van der Waals surface area contributed by atoms with Crippen molar-refractivity contribution in [3.63, 3.8) is 0 Å². The summed E-state index contributed by atoms with van der Waals surface area (Å²) in [6.45, 7) is 3.79. The van der Waals surface area contributed by atoms with E-state index in [4.69, 9.17) is 4.42 Å². The van der Waals surface area contributed by atoms with Gasteiger partial charge in [-0.25, -0.2) is 9.37 Å². The number of rotatable bonds is 6. The largest absolute Gasteiger partial charge is 0.431 e. The quantitative estimate of drug-likeness (QED) is 0.531. The number of hydrazine groups is 1. The van der Waals surface area contributed by atoms with E-state index in [0.29, 0.717) is 22.1 Å². The fourth-order valence-corrected chi connectivity index (χ4v) is 2.58. The Morgan fingerprint density at radius 1 is 1.17 bits per heavy atom. The van der Waals surface area contributed by atoms with E-state index in [0.717, 1.165) is 5.52 Å². The fraction of sp³-hybridized carbons (Fsp3) is 0.0588. The Kier molecular flexibility index (Phi) is 4.81. The minimum atomic E-state index is -0.328. The molecular formula is C17H14FN3O2S. The van der Waals surface area contributed by atoms with Crippen molar-refractivity contribution in [2.45, 2.75) is 5.22 Å². The molecule has 1 aromatic heterocycles. The highest BCUT2D eigenvalue weighted by molar-refractivity contribution is 7.99. The number of carbonyl (C=O) groups excluding carboxylic acids is 1. The van der Waals surface area contributed by atoms with E-state index in [1.54, 1.807) is 12.1 Å². The van der Waals surface area contributed by atoms with E-state index < -0.39 is 0 Å². The summed E-state index contributed by atoms with van der Waals surface area (Å²) in [7, 11) is 0. The molecule has 0 fully saturated rings. The Morgan fingerprint density at radius 2 is 1.92 bits per heavy atom. The number of fused-ring (bicyclic) bond motifs is 1. The Balaban J connectivity index is 1.48. The Bertz CT molecular complexity index is 844. The molecule has 3 aromatic rings. The van der Waals surface area contributed by atoms with Gasteiger partial charge in [0.05, 0.1) is 11.4 Å². The second kappa shape index (κ2) is 7.18. The summed E-state index contributed by atoms with van der Waals surface area (Å²) in [5, 5.41) is 0.434. The highest BCUT2D eigenvalue weighted by Crippen LogP contribution is 2.22. The number of thioether (sulfide) groups is 1. The molecule has 24 heavy (non-hydrogen) atoms. The number of hydrogen-bond donors (Lipinski definition) is 2. The summed E-state index contributed by atoms with van der Waals surface area (Å²) in [4.78, 5) is 16.1. The number of nitrogens with zero attached hydrogens (tertiary/aromatic N) is 1. The second-order valence-electron chi connectivity index (χ2n) is 4.89. The van der Waals surface area contributed by atoms with Gasteiger partial charge in [-0.3, -0.25) is 15.6 Å². The highest BCUT2D eigenvalue weighted by Gasteiger charge is 2.09. The summed E-state index contributed by atoms with van der Waals surface area (Å²) in [6.07, 6.45) is 0. The zero-order valence-corrected chi connectivity index (χ0v) is 13.4. The van der Waals surface area contributed by atoms with E-state index in [2.05, 4.69) is 22.4 Å². The normalized spacial score (nSPS) is 10.5. The molecule has 1 heterocycles. The van der Waals surface area contributed by atoms with Crippen LogP contribution in [0.4, 0.5) is 4.39 Å². The summed E-state index contributed by atoms with van der Waals surface area (Å²) in [5.74, 6) is -0.452. The van der Waals surface area contributed by atoms with Crippen molar-refractivity contribution in [2.24, 2.45) is 0 Å². The van der Waals surface area contributed by atoms with Gasteiger partial charge in [0.15, 0.2) is 5.58 Å². The van der Waals surface area contributed by atoms with Crippen molar-refractivity contribution < 1.29 is 13.6 Å². The van der Waals surface area contributed by atoms with Crippen LogP contribution in [-0.2, 0) is 4.79 Å². The standard InChI is InChI=1S/C17H14FN3O2S/c1-11(12-6-8-13(18)9-7-12)20-21-16(22)10-24-17-19-14-4-2-3-5-15(14)23-17/h2-9,20H,1,10H2,(H,21,22). The van der Waals surface area contributed by atoms with E-state index >= 15 is 0 Å². The predicted molar refractivity (Wildman–Crippen MR) is 91.4 cm³/mol. The van der Waals surface area contributed by atoms with Crippen LogP contribution in [0, 0.1) is 5.82 Å². The Morgan fingerprint density at radius 3 is 2.67 bits per heavy atom. The molecule has 0 saturated carbocycles. The second-order valence-corrected chi connectivity index (χ2v) is 5.82. The van der Waals surface area contributed by atoms with Crippen LogP contribution in [0.5, 0.6) is 0 Å². The van der Waals surface area contributed by atoms with Gasteiger partial charge in [0, 0.05) is 0 Å². The lowest BCUT2D eigenvalue weighted by Crippen LogP contribution is -2.37. The predicted octanol–water partition coefficient (Wildman–Crippen LogP) is 3.35. The van der Waals surface area contributed by atoms with Crippen molar-refractivity contribution in [3.8, 4) is 0 Å².